The molecule has 5 heteroatoms. The van der Waals surface area contributed by atoms with Crippen LogP contribution in [0.3, 0.4) is 0 Å². The average Bonchev–Trinajstić information content (AvgIpc) is 2.42. The maximum absolute atomic E-state index is 6.27. The third-order valence-electron chi connectivity index (χ3n) is 3.70. The Kier molecular flexibility index (Phi) is 4.69. The number of fused-ring (bicyclic) bond motifs is 1. The molecule has 0 atom stereocenters. The highest BCUT2D eigenvalue weighted by molar-refractivity contribution is 6.35. The van der Waals surface area contributed by atoms with Gasteiger partial charge < -0.3 is 9.47 Å². The Bertz CT molecular complexity index is 656. The quantitative estimate of drug-likeness (QED) is 0.811. The lowest BCUT2D eigenvalue weighted by Gasteiger charge is -2.30. The molecule has 1 aromatic carbocycles. The standard InChI is InChI=1S/C17H21ClN2O2/c1-12(2)22-15-11-16(21-10-9-20-7-4-8-20)19-17-13(15)5-3-6-14(17)18/h3,5-6,11-12H,4,7-10H2,1-2H3. The lowest BCUT2D eigenvalue weighted by atomic mass is 10.2. The van der Waals surface area contributed by atoms with Crippen LogP contribution in [0.15, 0.2) is 24.3 Å². The smallest absolute Gasteiger partial charge is 0.217 e. The van der Waals surface area contributed by atoms with E-state index < -0.39 is 0 Å². The second-order valence-electron chi connectivity index (χ2n) is 5.80. The van der Waals surface area contributed by atoms with E-state index in [1.54, 1.807) is 0 Å². The number of aromatic nitrogens is 1. The Morgan fingerprint density at radius 1 is 1.32 bits per heavy atom. The third kappa shape index (κ3) is 3.45. The van der Waals surface area contributed by atoms with Crippen LogP contribution in [0.4, 0.5) is 0 Å². The van der Waals surface area contributed by atoms with Crippen LogP contribution in [0.2, 0.25) is 5.02 Å². The zero-order valence-electron chi connectivity index (χ0n) is 13.0. The van der Waals surface area contributed by atoms with E-state index in [0.717, 1.165) is 23.2 Å². The summed E-state index contributed by atoms with van der Waals surface area (Å²) < 4.78 is 11.7. The van der Waals surface area contributed by atoms with Crippen LogP contribution in [0.5, 0.6) is 11.6 Å². The first-order valence-corrected chi connectivity index (χ1v) is 8.12. The van der Waals surface area contributed by atoms with Crippen LogP contribution in [0.1, 0.15) is 20.3 Å². The summed E-state index contributed by atoms with van der Waals surface area (Å²) in [4.78, 5) is 6.89. The molecular weight excluding hydrogens is 300 g/mol. The molecule has 1 aromatic heterocycles. The molecule has 0 saturated carbocycles. The lowest BCUT2D eigenvalue weighted by molar-refractivity contribution is 0.145. The number of hydrogen-bond donors (Lipinski definition) is 0. The molecule has 0 spiro atoms. The van der Waals surface area contributed by atoms with E-state index in [2.05, 4.69) is 9.88 Å². The fraction of sp³-hybridized carbons (Fsp3) is 0.471. The molecule has 4 nitrogen and oxygen atoms in total. The number of nitrogens with zero attached hydrogens (tertiary/aromatic N) is 2. The van der Waals surface area contributed by atoms with Gasteiger partial charge in [0.05, 0.1) is 16.6 Å². The van der Waals surface area contributed by atoms with Crippen molar-refractivity contribution in [2.45, 2.75) is 26.4 Å². The van der Waals surface area contributed by atoms with E-state index in [-0.39, 0.29) is 6.10 Å². The predicted molar refractivity (Wildman–Crippen MR) is 89.1 cm³/mol. The molecule has 1 fully saturated rings. The first-order valence-electron chi connectivity index (χ1n) is 7.74. The summed E-state index contributed by atoms with van der Waals surface area (Å²) in [7, 11) is 0. The second kappa shape index (κ2) is 6.71. The van der Waals surface area contributed by atoms with Gasteiger partial charge in [0, 0.05) is 18.0 Å². The number of rotatable bonds is 6. The summed E-state index contributed by atoms with van der Waals surface area (Å²) in [6, 6.07) is 7.56. The van der Waals surface area contributed by atoms with Crippen LogP contribution in [0.25, 0.3) is 10.9 Å². The minimum absolute atomic E-state index is 0.0820. The van der Waals surface area contributed by atoms with Gasteiger partial charge in [-0.3, -0.25) is 4.90 Å². The number of halogens is 1. The highest BCUT2D eigenvalue weighted by atomic mass is 35.5. The molecular formula is C17H21ClN2O2. The van der Waals surface area contributed by atoms with E-state index in [1.807, 2.05) is 38.1 Å². The van der Waals surface area contributed by atoms with Gasteiger partial charge in [0.2, 0.25) is 5.88 Å². The summed E-state index contributed by atoms with van der Waals surface area (Å²) in [5.74, 6) is 1.33. The normalized spacial score (nSPS) is 15.1. The molecule has 3 rings (SSSR count). The molecule has 0 aliphatic carbocycles. The van der Waals surface area contributed by atoms with Crippen LogP contribution in [0, 0.1) is 0 Å². The zero-order chi connectivity index (χ0) is 15.5. The fourth-order valence-electron chi connectivity index (χ4n) is 2.47. The molecule has 0 amide bonds. The average molecular weight is 321 g/mol. The van der Waals surface area contributed by atoms with Gasteiger partial charge in [-0.15, -0.1) is 0 Å². The third-order valence-corrected chi connectivity index (χ3v) is 4.00. The number of benzene rings is 1. The Morgan fingerprint density at radius 2 is 2.14 bits per heavy atom. The van der Waals surface area contributed by atoms with Crippen LogP contribution in [-0.4, -0.2) is 42.2 Å². The van der Waals surface area contributed by atoms with Crippen molar-refractivity contribution in [2.24, 2.45) is 0 Å². The molecule has 0 unspecified atom stereocenters. The highest BCUT2D eigenvalue weighted by Gasteiger charge is 2.14. The molecule has 0 radical (unpaired) electrons. The van der Waals surface area contributed by atoms with E-state index in [0.29, 0.717) is 17.5 Å². The van der Waals surface area contributed by atoms with Gasteiger partial charge in [-0.25, -0.2) is 4.98 Å². The van der Waals surface area contributed by atoms with Gasteiger partial charge in [0.25, 0.3) is 0 Å². The van der Waals surface area contributed by atoms with Crippen molar-refractivity contribution in [3.8, 4) is 11.6 Å². The zero-order valence-corrected chi connectivity index (χ0v) is 13.8. The van der Waals surface area contributed by atoms with Gasteiger partial charge in [-0.05, 0) is 45.5 Å². The maximum Gasteiger partial charge on any atom is 0.217 e. The molecule has 1 aliphatic rings. The Balaban J connectivity index is 1.83. The highest BCUT2D eigenvalue weighted by Crippen LogP contribution is 2.33. The van der Waals surface area contributed by atoms with Gasteiger partial charge in [-0.1, -0.05) is 17.7 Å². The molecule has 1 aliphatic heterocycles. The number of hydrogen-bond acceptors (Lipinski definition) is 4. The van der Waals surface area contributed by atoms with E-state index in [1.165, 1.54) is 19.5 Å². The largest absolute Gasteiger partial charge is 0.490 e. The molecule has 22 heavy (non-hydrogen) atoms. The van der Waals surface area contributed by atoms with Crippen LogP contribution < -0.4 is 9.47 Å². The summed E-state index contributed by atoms with van der Waals surface area (Å²) in [5, 5.41) is 1.52. The summed E-state index contributed by atoms with van der Waals surface area (Å²) in [6.07, 6.45) is 1.37. The van der Waals surface area contributed by atoms with E-state index >= 15 is 0 Å². The number of ether oxygens (including phenoxy) is 2. The fourth-order valence-corrected chi connectivity index (χ4v) is 2.69. The summed E-state index contributed by atoms with van der Waals surface area (Å²) >= 11 is 6.27. The monoisotopic (exact) mass is 320 g/mol. The van der Waals surface area contributed by atoms with Crippen LogP contribution in [-0.2, 0) is 0 Å². The Morgan fingerprint density at radius 3 is 2.82 bits per heavy atom. The predicted octanol–water partition coefficient (Wildman–Crippen LogP) is 3.76. The molecule has 118 valence electrons. The number of likely N-dealkylation sites (tertiary alicyclic amines) is 1. The molecule has 1 saturated heterocycles. The van der Waals surface area contributed by atoms with Gasteiger partial charge in [0.15, 0.2) is 0 Å². The minimum atomic E-state index is 0.0820. The van der Waals surface area contributed by atoms with Gasteiger partial charge in [0.1, 0.15) is 12.4 Å². The lowest BCUT2D eigenvalue weighted by Crippen LogP contribution is -2.39. The topological polar surface area (TPSA) is 34.6 Å². The van der Waals surface area contributed by atoms with Crippen molar-refractivity contribution in [2.75, 3.05) is 26.2 Å². The van der Waals surface area contributed by atoms with Gasteiger partial charge in [-0.2, -0.15) is 0 Å². The van der Waals surface area contributed by atoms with E-state index in [4.69, 9.17) is 21.1 Å². The maximum atomic E-state index is 6.27. The minimum Gasteiger partial charge on any atom is -0.490 e. The van der Waals surface area contributed by atoms with Gasteiger partial charge >= 0.3 is 0 Å². The second-order valence-corrected chi connectivity index (χ2v) is 6.21. The SMILES string of the molecule is CC(C)Oc1cc(OCCN2CCC2)nc2c(Cl)cccc12. The van der Waals surface area contributed by atoms with Crippen molar-refractivity contribution < 1.29 is 9.47 Å². The molecule has 0 N–H and O–H groups in total. The molecule has 2 heterocycles. The van der Waals surface area contributed by atoms with Crippen molar-refractivity contribution in [3.63, 3.8) is 0 Å². The first-order chi connectivity index (χ1) is 10.6. The summed E-state index contributed by atoms with van der Waals surface area (Å²) in [5.41, 5.74) is 0.723. The number of pyridine rings is 1. The molecule has 2 aromatic rings. The number of para-hydroxylation sites is 1. The Labute approximate surface area is 136 Å². The summed E-state index contributed by atoms with van der Waals surface area (Å²) in [6.45, 7) is 7.90. The van der Waals surface area contributed by atoms with Crippen molar-refractivity contribution in [3.05, 3.63) is 29.3 Å². The Hall–Kier alpha value is -1.52. The van der Waals surface area contributed by atoms with Crippen molar-refractivity contribution in [1.82, 2.24) is 9.88 Å². The van der Waals surface area contributed by atoms with Crippen molar-refractivity contribution in [1.29, 1.82) is 0 Å². The van der Waals surface area contributed by atoms with Crippen LogP contribution >= 0.6 is 11.6 Å². The van der Waals surface area contributed by atoms with E-state index in [9.17, 15) is 0 Å². The first kappa shape index (κ1) is 15.4. The molecule has 0 bridgehead atoms. The van der Waals surface area contributed by atoms with Crippen molar-refractivity contribution >= 4 is 22.5 Å².